The van der Waals surface area contributed by atoms with Crippen LogP contribution in [0.25, 0.3) is 0 Å². The fourth-order valence-electron chi connectivity index (χ4n) is 2.36. The molecule has 4 heteroatoms. The first-order chi connectivity index (χ1) is 17.8. The number of hydrogen-bond acceptors (Lipinski definition) is 4. The van der Waals surface area contributed by atoms with Crippen molar-refractivity contribution in [1.82, 2.24) is 5.32 Å². The van der Waals surface area contributed by atoms with Crippen LogP contribution in [0.15, 0.2) is 122 Å². The Balaban J connectivity index is -0.000000570. The molecule has 0 saturated carbocycles. The van der Waals surface area contributed by atoms with Gasteiger partial charge in [0.1, 0.15) is 0 Å². The quantitative estimate of drug-likeness (QED) is 0.201. The Morgan fingerprint density at radius 1 is 0.865 bits per heavy atom. The van der Waals surface area contributed by atoms with Gasteiger partial charge in [0, 0.05) is 35.0 Å². The Labute approximate surface area is 228 Å². The van der Waals surface area contributed by atoms with Gasteiger partial charge < -0.3 is 21.1 Å². The van der Waals surface area contributed by atoms with E-state index in [9.17, 15) is 5.11 Å². The molecule has 0 aliphatic heterocycles. The summed E-state index contributed by atoms with van der Waals surface area (Å²) in [4.78, 5) is 0. The summed E-state index contributed by atoms with van der Waals surface area (Å²) >= 11 is 0. The standard InChI is InChI=1S/C16H22N2O.C13H19N.2C2H6/c1-4-7-13(5-2)18-15-10-8-14(9-11-15)17-12-16(19)6-3;1-6-12(7-2)14-13(8-3)10-9-11(4)5;2*1-2/h4-5,7-11,16-19H,1-2,6,12H2,3H3;6-10,14H,1,4H2,2-3,5H3;2*1-2H3/b13-7+;10-9-,12-7+,13-8+;;. The lowest BCUT2D eigenvalue weighted by Crippen LogP contribution is -2.18. The third kappa shape index (κ3) is 21.5. The molecule has 1 aromatic carbocycles. The van der Waals surface area contributed by atoms with Crippen molar-refractivity contribution in [2.24, 2.45) is 0 Å². The molecular weight excluding hydrogens is 454 g/mol. The zero-order valence-corrected chi connectivity index (χ0v) is 24.7. The summed E-state index contributed by atoms with van der Waals surface area (Å²) in [6, 6.07) is 7.89. The maximum absolute atomic E-state index is 9.48. The fraction of sp³-hybridized carbons (Fsp3) is 0.333. The summed E-state index contributed by atoms with van der Waals surface area (Å²) < 4.78 is 0. The lowest BCUT2D eigenvalue weighted by atomic mass is 10.2. The van der Waals surface area contributed by atoms with Gasteiger partial charge in [-0.2, -0.15) is 0 Å². The van der Waals surface area contributed by atoms with Gasteiger partial charge in [-0.15, -0.1) is 0 Å². The molecule has 0 heterocycles. The van der Waals surface area contributed by atoms with E-state index in [4.69, 9.17) is 0 Å². The highest BCUT2D eigenvalue weighted by Crippen LogP contribution is 2.15. The topological polar surface area (TPSA) is 56.3 Å². The summed E-state index contributed by atoms with van der Waals surface area (Å²) in [6.45, 7) is 31.4. The van der Waals surface area contributed by atoms with E-state index in [2.05, 4.69) is 42.3 Å². The third-order valence-corrected chi connectivity index (χ3v) is 4.38. The number of allylic oxidation sites excluding steroid dienone is 9. The first kappa shape index (κ1) is 38.0. The number of benzene rings is 1. The summed E-state index contributed by atoms with van der Waals surface area (Å²) in [7, 11) is 0. The molecule has 1 rings (SSSR count). The maximum Gasteiger partial charge on any atom is 0.0709 e. The number of anilines is 2. The monoisotopic (exact) mass is 507 g/mol. The molecule has 1 atom stereocenters. The van der Waals surface area contributed by atoms with Gasteiger partial charge >= 0.3 is 0 Å². The molecule has 0 saturated heterocycles. The SMILES string of the molecule is C=C/C(=C\C)NC(/C=C\C(=C)C)=C/C.C=C/C=C(\C=C)Nc1ccc(NCC(O)CC)cc1.CC.CC. The molecule has 1 unspecified atom stereocenters. The van der Waals surface area contributed by atoms with Crippen LogP contribution in [0.3, 0.4) is 0 Å². The molecule has 0 spiro atoms. The number of aliphatic hydroxyl groups is 1. The lowest BCUT2D eigenvalue weighted by Gasteiger charge is -2.12. The van der Waals surface area contributed by atoms with Crippen molar-refractivity contribution in [2.75, 3.05) is 17.2 Å². The highest BCUT2D eigenvalue weighted by molar-refractivity contribution is 5.57. The molecule has 0 bridgehead atoms. The van der Waals surface area contributed by atoms with E-state index in [1.54, 1.807) is 18.2 Å². The number of hydrogen-bond donors (Lipinski definition) is 4. The summed E-state index contributed by atoms with van der Waals surface area (Å²) in [5, 5.41) is 19.1. The average Bonchev–Trinajstić information content (AvgIpc) is 2.94. The van der Waals surface area contributed by atoms with Crippen molar-refractivity contribution in [1.29, 1.82) is 0 Å². The van der Waals surface area contributed by atoms with Crippen LogP contribution in [0.1, 0.15) is 61.8 Å². The van der Waals surface area contributed by atoms with Crippen molar-refractivity contribution < 1.29 is 5.11 Å². The molecule has 37 heavy (non-hydrogen) atoms. The summed E-state index contributed by atoms with van der Waals surface area (Å²) in [6.07, 6.45) is 15.5. The van der Waals surface area contributed by atoms with Crippen LogP contribution in [0.5, 0.6) is 0 Å². The van der Waals surface area contributed by atoms with Gasteiger partial charge in [0.15, 0.2) is 0 Å². The molecule has 0 aliphatic carbocycles. The van der Waals surface area contributed by atoms with E-state index >= 15 is 0 Å². The third-order valence-electron chi connectivity index (χ3n) is 4.38. The second kappa shape index (κ2) is 27.1. The zero-order valence-electron chi connectivity index (χ0n) is 24.7. The molecule has 4 nitrogen and oxygen atoms in total. The Morgan fingerprint density at radius 2 is 1.38 bits per heavy atom. The van der Waals surface area contributed by atoms with E-state index < -0.39 is 0 Å². The minimum absolute atomic E-state index is 0.305. The fourth-order valence-corrected chi connectivity index (χ4v) is 2.36. The van der Waals surface area contributed by atoms with Crippen LogP contribution in [0.4, 0.5) is 11.4 Å². The van der Waals surface area contributed by atoms with Crippen LogP contribution >= 0.6 is 0 Å². The van der Waals surface area contributed by atoms with Gasteiger partial charge in [-0.05, 0) is 75.8 Å². The number of nitrogens with one attached hydrogen (secondary N) is 3. The predicted molar refractivity (Wildman–Crippen MR) is 171 cm³/mol. The lowest BCUT2D eigenvalue weighted by molar-refractivity contribution is 0.183. The number of aliphatic hydroxyl groups excluding tert-OH is 1. The molecule has 0 radical (unpaired) electrons. The minimum Gasteiger partial charge on any atom is -0.391 e. The Bertz CT molecular complexity index is 871. The Kier molecular flexibility index (Phi) is 27.9. The first-order valence-electron chi connectivity index (χ1n) is 13.1. The summed E-state index contributed by atoms with van der Waals surface area (Å²) in [5.74, 6) is 0. The van der Waals surface area contributed by atoms with Crippen molar-refractivity contribution >= 4 is 11.4 Å². The van der Waals surface area contributed by atoms with Crippen molar-refractivity contribution in [3.63, 3.8) is 0 Å². The molecule has 0 aliphatic rings. The van der Waals surface area contributed by atoms with Crippen LogP contribution < -0.4 is 16.0 Å². The average molecular weight is 508 g/mol. The van der Waals surface area contributed by atoms with Gasteiger partial charge in [0.05, 0.1) is 6.10 Å². The molecule has 0 fully saturated rings. The van der Waals surface area contributed by atoms with Gasteiger partial charge in [-0.25, -0.2) is 0 Å². The van der Waals surface area contributed by atoms with E-state index in [1.807, 2.05) is 110 Å². The van der Waals surface area contributed by atoms with E-state index in [0.29, 0.717) is 6.54 Å². The highest BCUT2D eigenvalue weighted by Gasteiger charge is 2.00. The Morgan fingerprint density at radius 3 is 1.78 bits per heavy atom. The molecule has 4 N–H and O–H groups in total. The molecule has 0 amide bonds. The van der Waals surface area contributed by atoms with E-state index in [-0.39, 0.29) is 6.10 Å². The summed E-state index contributed by atoms with van der Waals surface area (Å²) in [5.41, 5.74) is 5.95. The van der Waals surface area contributed by atoms with E-state index in [0.717, 1.165) is 40.5 Å². The molecular formula is C33H53N3O. The minimum atomic E-state index is -0.305. The van der Waals surface area contributed by atoms with Gasteiger partial charge in [0.2, 0.25) is 0 Å². The van der Waals surface area contributed by atoms with Gasteiger partial charge in [-0.3, -0.25) is 0 Å². The maximum atomic E-state index is 9.48. The highest BCUT2D eigenvalue weighted by atomic mass is 16.3. The van der Waals surface area contributed by atoms with Crippen LogP contribution in [-0.2, 0) is 0 Å². The second-order valence-electron chi connectivity index (χ2n) is 7.20. The van der Waals surface area contributed by atoms with Crippen LogP contribution in [0, 0.1) is 0 Å². The Hall–Kier alpha value is -3.50. The smallest absolute Gasteiger partial charge is 0.0709 e. The van der Waals surface area contributed by atoms with Crippen molar-refractivity contribution in [3.8, 4) is 0 Å². The second-order valence-corrected chi connectivity index (χ2v) is 7.20. The van der Waals surface area contributed by atoms with Crippen molar-refractivity contribution in [3.05, 3.63) is 122 Å². The largest absolute Gasteiger partial charge is 0.391 e. The molecule has 1 aromatic rings. The van der Waals surface area contributed by atoms with Gasteiger partial charge in [-0.1, -0.05) is 90.8 Å². The number of rotatable bonds is 13. The van der Waals surface area contributed by atoms with Crippen LogP contribution in [0.2, 0.25) is 0 Å². The van der Waals surface area contributed by atoms with Crippen molar-refractivity contribution in [2.45, 2.75) is 67.9 Å². The zero-order chi connectivity index (χ0) is 29.1. The molecule has 0 aromatic heterocycles. The van der Waals surface area contributed by atoms with Crippen LogP contribution in [-0.4, -0.2) is 17.8 Å². The molecule has 206 valence electrons. The predicted octanol–water partition coefficient (Wildman–Crippen LogP) is 9.29. The normalized spacial score (nSPS) is 11.8. The van der Waals surface area contributed by atoms with E-state index in [1.165, 1.54) is 0 Å². The first-order valence-corrected chi connectivity index (χ1v) is 13.1. The van der Waals surface area contributed by atoms with Gasteiger partial charge in [0.25, 0.3) is 0 Å².